The Labute approximate surface area is 620 Å². The Bertz CT molecular complexity index is 2340. The molecule has 96 heavy (non-hydrogen) atoms. The van der Waals surface area contributed by atoms with Gasteiger partial charge in [0.1, 0.15) is 11.5 Å². The van der Waals surface area contributed by atoms with Crippen molar-refractivity contribution in [1.82, 2.24) is 0 Å². The number of methoxy groups -OCH3 is 2. The molecule has 2 heterocycles. The molecule has 0 spiro atoms. The number of thiophene rings is 2. The van der Waals surface area contributed by atoms with Gasteiger partial charge in [-0.1, -0.05) is 413 Å². The molecule has 548 valence electrons. The minimum Gasteiger partial charge on any atom is -0.496 e. The highest BCUT2D eigenvalue weighted by atomic mass is 79.9. The lowest BCUT2D eigenvalue weighted by atomic mass is 9.67. The van der Waals surface area contributed by atoms with E-state index >= 15 is 0 Å². The molecule has 0 amide bonds. The molecular formula is C90H150Br2O2S2. The van der Waals surface area contributed by atoms with Crippen LogP contribution in [0.1, 0.15) is 461 Å². The summed E-state index contributed by atoms with van der Waals surface area (Å²) in [6, 6.07) is 10.3. The molecule has 0 aliphatic heterocycles. The van der Waals surface area contributed by atoms with Gasteiger partial charge in [0, 0.05) is 31.7 Å². The highest BCUT2D eigenvalue weighted by molar-refractivity contribution is 9.11. The topological polar surface area (TPSA) is 18.5 Å². The Morgan fingerprint density at radius 1 is 0.260 bits per heavy atom. The van der Waals surface area contributed by atoms with E-state index in [-0.39, 0.29) is 10.8 Å². The molecule has 0 unspecified atom stereocenters. The molecule has 0 atom stereocenters. The molecular weight excluding hydrogens is 1340 g/mol. The Morgan fingerprint density at radius 2 is 0.438 bits per heavy atom. The van der Waals surface area contributed by atoms with Crippen molar-refractivity contribution in [2.45, 2.75) is 449 Å². The van der Waals surface area contributed by atoms with Gasteiger partial charge < -0.3 is 9.47 Å². The monoisotopic (exact) mass is 1480 g/mol. The van der Waals surface area contributed by atoms with Crippen LogP contribution in [0.4, 0.5) is 0 Å². The summed E-state index contributed by atoms with van der Waals surface area (Å²) < 4.78 is 16.3. The summed E-state index contributed by atoms with van der Waals surface area (Å²) in [4.78, 5) is 2.92. The third-order valence-electron chi connectivity index (χ3n) is 23.5. The van der Waals surface area contributed by atoms with E-state index < -0.39 is 0 Å². The first-order valence-electron chi connectivity index (χ1n) is 42.7. The van der Waals surface area contributed by atoms with Gasteiger partial charge in [0.05, 0.1) is 21.8 Å². The summed E-state index contributed by atoms with van der Waals surface area (Å²) in [7, 11) is 3.98. The van der Waals surface area contributed by atoms with Crippen molar-refractivity contribution < 1.29 is 9.47 Å². The van der Waals surface area contributed by atoms with Crippen LogP contribution >= 0.6 is 54.5 Å². The minimum atomic E-state index is -0.0795. The maximum Gasteiger partial charge on any atom is 0.128 e. The molecule has 2 aromatic carbocycles. The third kappa shape index (κ3) is 28.0. The van der Waals surface area contributed by atoms with Crippen molar-refractivity contribution in [3.05, 3.63) is 54.1 Å². The first-order chi connectivity index (χ1) is 47.3. The van der Waals surface area contributed by atoms with Crippen molar-refractivity contribution >= 4 is 65.3 Å². The highest BCUT2D eigenvalue weighted by Crippen LogP contribution is 2.67. The number of benzene rings is 2. The number of hydrogen-bond donors (Lipinski definition) is 0. The van der Waals surface area contributed by atoms with Crippen molar-refractivity contribution in [3.8, 4) is 32.4 Å². The predicted molar refractivity (Wildman–Crippen MR) is 439 cm³/mol. The maximum absolute atomic E-state index is 6.89. The number of fused-ring (bicyclic) bond motifs is 9. The second-order valence-electron chi connectivity index (χ2n) is 31.3. The lowest BCUT2D eigenvalue weighted by molar-refractivity contribution is 0.391. The van der Waals surface area contributed by atoms with Gasteiger partial charge in [-0.05, 0) is 115 Å². The van der Waals surface area contributed by atoms with Crippen LogP contribution in [0, 0.1) is 0 Å². The first kappa shape index (κ1) is 83.6. The molecule has 2 aromatic heterocycles. The zero-order chi connectivity index (χ0) is 68.0. The Morgan fingerprint density at radius 3 is 0.615 bits per heavy atom. The third-order valence-corrected chi connectivity index (χ3v) is 26.8. The molecule has 0 saturated carbocycles. The van der Waals surface area contributed by atoms with Gasteiger partial charge in [-0.3, -0.25) is 0 Å². The number of rotatable bonds is 66. The van der Waals surface area contributed by atoms with Gasteiger partial charge in [-0.2, -0.15) is 0 Å². The molecule has 2 aliphatic rings. The lowest BCUT2D eigenvalue weighted by Crippen LogP contribution is -2.27. The summed E-state index contributed by atoms with van der Waals surface area (Å²) in [6.07, 6.45) is 88.8. The number of ether oxygens (including phenoxy) is 2. The molecule has 2 aliphatic carbocycles. The Hall–Kier alpha value is -1.34. The van der Waals surface area contributed by atoms with Crippen molar-refractivity contribution in [1.29, 1.82) is 0 Å². The van der Waals surface area contributed by atoms with Gasteiger partial charge in [0.2, 0.25) is 0 Å². The summed E-state index contributed by atoms with van der Waals surface area (Å²) in [6.45, 7) is 9.32. The molecule has 4 aromatic rings. The summed E-state index contributed by atoms with van der Waals surface area (Å²) >= 11 is 12.2. The molecule has 2 nitrogen and oxygen atoms in total. The Balaban J connectivity index is 1.25. The molecule has 6 heteroatoms. The summed E-state index contributed by atoms with van der Waals surface area (Å²) in [5, 5.41) is 2.93. The zero-order valence-corrected chi connectivity index (χ0v) is 68.8. The Kier molecular flexibility index (Phi) is 45.1. The van der Waals surface area contributed by atoms with Crippen LogP contribution in [0.15, 0.2) is 31.8 Å². The largest absolute Gasteiger partial charge is 0.496 e. The van der Waals surface area contributed by atoms with Gasteiger partial charge in [0.25, 0.3) is 0 Å². The van der Waals surface area contributed by atoms with E-state index in [1.165, 1.54) is 450 Å². The lowest BCUT2D eigenvalue weighted by Gasteiger charge is -2.36. The zero-order valence-electron chi connectivity index (χ0n) is 64.0. The molecule has 0 bridgehead atoms. The van der Waals surface area contributed by atoms with E-state index in [1.807, 2.05) is 36.9 Å². The molecule has 0 saturated heterocycles. The normalized spacial score (nSPS) is 13.5. The fraction of sp³-hybridized carbons (Fsp3) is 0.800. The van der Waals surface area contributed by atoms with Crippen molar-refractivity contribution in [3.63, 3.8) is 0 Å². The predicted octanol–water partition coefficient (Wildman–Crippen LogP) is 34.1. The SMILES string of the molecule is CCCCCCCCCCCCCCCCCC1(CCCCCCCCCCCCCCCCC)c2cc(Br)sc2-c2c(OC)cc3c4c(c(OC)cc3c21)-c1sc(Br)cc1C4(CCCCCCCCCCCCCCCCC)CCCCCCCCCCCCCCCCC. The van der Waals surface area contributed by atoms with Crippen molar-refractivity contribution in [2.24, 2.45) is 0 Å². The molecule has 6 rings (SSSR count). The second-order valence-corrected chi connectivity index (χ2v) is 36.2. The fourth-order valence-corrected chi connectivity index (χ4v) is 21.3. The van der Waals surface area contributed by atoms with E-state index in [2.05, 4.69) is 83.8 Å². The second kappa shape index (κ2) is 51.7. The molecule has 0 radical (unpaired) electrons. The van der Waals surface area contributed by atoms with Crippen LogP contribution in [0.5, 0.6) is 11.5 Å². The summed E-state index contributed by atoms with van der Waals surface area (Å²) in [5.74, 6) is 2.19. The first-order valence-corrected chi connectivity index (χ1v) is 45.9. The van der Waals surface area contributed by atoms with Crippen LogP contribution in [0.25, 0.3) is 31.7 Å². The van der Waals surface area contributed by atoms with Crippen molar-refractivity contribution in [2.75, 3.05) is 14.2 Å². The van der Waals surface area contributed by atoms with Gasteiger partial charge in [-0.25, -0.2) is 0 Å². The van der Waals surface area contributed by atoms with Crippen LogP contribution in [0.2, 0.25) is 0 Å². The van der Waals surface area contributed by atoms with Crippen LogP contribution < -0.4 is 9.47 Å². The van der Waals surface area contributed by atoms with Crippen LogP contribution in [-0.2, 0) is 10.8 Å². The quantitative estimate of drug-likeness (QED) is 0.0410. The average Bonchev–Trinajstić information content (AvgIpc) is 1.50. The molecule has 0 fully saturated rings. The highest BCUT2D eigenvalue weighted by Gasteiger charge is 2.50. The van der Waals surface area contributed by atoms with E-state index in [0.29, 0.717) is 0 Å². The summed E-state index contributed by atoms with van der Waals surface area (Å²) in [5.41, 5.74) is 8.98. The number of unbranched alkanes of at least 4 members (excludes halogenated alkanes) is 56. The van der Waals surface area contributed by atoms with Crippen LogP contribution in [0.3, 0.4) is 0 Å². The van der Waals surface area contributed by atoms with Gasteiger partial charge in [0.15, 0.2) is 0 Å². The number of halogens is 2. The van der Waals surface area contributed by atoms with E-state index in [9.17, 15) is 0 Å². The fourth-order valence-electron chi connectivity index (χ4n) is 17.8. The number of hydrogen-bond acceptors (Lipinski definition) is 4. The van der Waals surface area contributed by atoms with Crippen LogP contribution in [-0.4, -0.2) is 14.2 Å². The molecule has 0 N–H and O–H groups in total. The minimum absolute atomic E-state index is 0.0795. The van der Waals surface area contributed by atoms with E-state index in [0.717, 1.165) is 11.5 Å². The maximum atomic E-state index is 6.89. The smallest absolute Gasteiger partial charge is 0.128 e. The van der Waals surface area contributed by atoms with E-state index in [1.54, 1.807) is 22.3 Å². The van der Waals surface area contributed by atoms with Gasteiger partial charge in [-0.15, -0.1) is 22.7 Å². The average molecular weight is 1490 g/mol. The van der Waals surface area contributed by atoms with Gasteiger partial charge >= 0.3 is 0 Å². The standard InChI is InChI=1S/C90H150Br2O2S2/c1-7-11-15-19-23-27-31-35-39-43-47-51-55-59-63-67-89(68-64-60-56-52-48-44-40-36-32-28-24-20-16-12-8-2)77-73-81(91)95-87(77)83-79(93-5)72-76-75(85(83)89)71-80(94-6)84-86(76)90(78-74-82(92)96-88(78)84,69-65-61-57-53-49-45-41-37-33-29-25-21-17-13-9-3)70-66-62-58-54-50-46-42-38-34-30-26-22-18-14-10-4/h71-74H,7-70H2,1-6H3. The van der Waals surface area contributed by atoms with E-state index in [4.69, 9.17) is 9.47 Å².